The van der Waals surface area contributed by atoms with Crippen molar-refractivity contribution >= 4 is 11.8 Å². The summed E-state index contributed by atoms with van der Waals surface area (Å²) in [4.78, 5) is 23.9. The Morgan fingerprint density at radius 2 is 2.38 bits per heavy atom. The summed E-state index contributed by atoms with van der Waals surface area (Å²) >= 11 is 0. The van der Waals surface area contributed by atoms with Crippen molar-refractivity contribution in [3.63, 3.8) is 0 Å². The van der Waals surface area contributed by atoms with E-state index in [1.165, 1.54) is 4.90 Å². The lowest BCUT2D eigenvalue weighted by Gasteiger charge is -2.30. The van der Waals surface area contributed by atoms with E-state index >= 15 is 0 Å². The van der Waals surface area contributed by atoms with Crippen molar-refractivity contribution in [2.75, 3.05) is 13.1 Å². The highest BCUT2D eigenvalue weighted by Crippen LogP contribution is 2.02. The molecule has 0 aromatic heterocycles. The van der Waals surface area contributed by atoms with Crippen LogP contribution in [0.25, 0.3) is 0 Å². The van der Waals surface area contributed by atoms with Crippen LogP contribution >= 0.6 is 0 Å². The van der Waals surface area contributed by atoms with E-state index in [4.69, 9.17) is 6.42 Å². The Hall–Kier alpha value is -1.50. The summed E-state index contributed by atoms with van der Waals surface area (Å²) in [7, 11) is 0. The van der Waals surface area contributed by atoms with E-state index in [-0.39, 0.29) is 18.4 Å². The minimum Gasteiger partial charge on any atom is -0.343 e. The Morgan fingerprint density at radius 3 is 3.00 bits per heavy atom. The molecule has 1 aliphatic heterocycles. The van der Waals surface area contributed by atoms with Gasteiger partial charge < -0.3 is 10.2 Å². The molecule has 0 saturated carbocycles. The fraction of sp³-hybridized carbons (Fsp3) is 0.556. The minimum atomic E-state index is -0.418. The number of nitrogens with one attached hydrogen (secondary N) is 1. The molecular weight excluding hydrogens is 168 g/mol. The highest BCUT2D eigenvalue weighted by molar-refractivity contribution is 5.94. The summed E-state index contributed by atoms with van der Waals surface area (Å²) in [5.41, 5.74) is 0. The summed E-state index contributed by atoms with van der Waals surface area (Å²) in [6.45, 7) is 2.26. The van der Waals surface area contributed by atoms with Gasteiger partial charge in [0.05, 0.1) is 6.54 Å². The number of hydrogen-bond acceptors (Lipinski definition) is 2. The Bertz CT molecular complexity index is 267. The van der Waals surface area contributed by atoms with Gasteiger partial charge in [-0.1, -0.05) is 0 Å². The van der Waals surface area contributed by atoms with Gasteiger partial charge in [0.2, 0.25) is 11.8 Å². The molecule has 0 bridgehead atoms. The maximum absolute atomic E-state index is 11.4. The van der Waals surface area contributed by atoms with E-state index in [1.807, 2.05) is 0 Å². The number of rotatable bonds is 2. The number of hydrogen-bond donors (Lipinski definition) is 1. The normalized spacial score (nSPS) is 22.5. The number of amides is 2. The third-order valence-electron chi connectivity index (χ3n) is 1.92. The molecule has 0 aliphatic carbocycles. The highest BCUT2D eigenvalue weighted by atomic mass is 16.2. The second-order valence-corrected chi connectivity index (χ2v) is 3.00. The van der Waals surface area contributed by atoms with Gasteiger partial charge >= 0.3 is 0 Å². The van der Waals surface area contributed by atoms with E-state index in [9.17, 15) is 9.59 Å². The summed E-state index contributed by atoms with van der Waals surface area (Å²) in [6.07, 6.45) is 5.56. The first kappa shape index (κ1) is 9.59. The third-order valence-corrected chi connectivity index (χ3v) is 1.92. The molecule has 0 aromatic rings. The van der Waals surface area contributed by atoms with Gasteiger partial charge in [0, 0.05) is 13.0 Å². The quantitative estimate of drug-likeness (QED) is 0.574. The zero-order valence-corrected chi connectivity index (χ0v) is 7.54. The average molecular weight is 180 g/mol. The summed E-state index contributed by atoms with van der Waals surface area (Å²) in [5, 5.41) is 2.55. The van der Waals surface area contributed by atoms with Crippen molar-refractivity contribution < 1.29 is 9.59 Å². The molecule has 1 N–H and O–H groups in total. The van der Waals surface area contributed by atoms with Crippen molar-refractivity contribution in [2.45, 2.75) is 19.4 Å². The SMILES string of the molecule is C#CCCN1CC(=O)NC(C)C1=O. The van der Waals surface area contributed by atoms with Gasteiger partial charge in [-0.25, -0.2) is 0 Å². The second kappa shape index (κ2) is 3.94. The summed E-state index contributed by atoms with van der Waals surface area (Å²) < 4.78 is 0. The van der Waals surface area contributed by atoms with E-state index in [1.54, 1.807) is 6.92 Å². The minimum absolute atomic E-state index is 0.0603. The number of terminal acetylenes is 1. The van der Waals surface area contributed by atoms with Crippen LogP contribution in [-0.2, 0) is 9.59 Å². The Balaban J connectivity index is 2.57. The standard InChI is InChI=1S/C9H12N2O2/c1-3-4-5-11-6-8(12)10-7(2)9(11)13/h1,7H,4-6H2,2H3,(H,10,12). The van der Waals surface area contributed by atoms with Crippen LogP contribution in [0.4, 0.5) is 0 Å². The maximum Gasteiger partial charge on any atom is 0.245 e. The van der Waals surface area contributed by atoms with E-state index in [0.717, 1.165) is 0 Å². The third kappa shape index (κ3) is 2.22. The zero-order valence-electron chi connectivity index (χ0n) is 7.54. The molecule has 0 aromatic carbocycles. The van der Waals surface area contributed by atoms with Gasteiger partial charge in [0.1, 0.15) is 6.04 Å². The topological polar surface area (TPSA) is 49.4 Å². The Kier molecular flexibility index (Phi) is 2.91. The molecule has 0 radical (unpaired) electrons. The molecule has 1 rings (SSSR count). The van der Waals surface area contributed by atoms with Gasteiger partial charge in [0.25, 0.3) is 0 Å². The van der Waals surface area contributed by atoms with Crippen molar-refractivity contribution in [3.8, 4) is 12.3 Å². The van der Waals surface area contributed by atoms with Crippen LogP contribution in [0, 0.1) is 12.3 Å². The molecule has 13 heavy (non-hydrogen) atoms. The average Bonchev–Trinajstić information content (AvgIpc) is 2.09. The monoisotopic (exact) mass is 180 g/mol. The second-order valence-electron chi connectivity index (χ2n) is 3.00. The van der Waals surface area contributed by atoms with Crippen molar-refractivity contribution in [1.29, 1.82) is 0 Å². The van der Waals surface area contributed by atoms with Crippen LogP contribution in [0.1, 0.15) is 13.3 Å². The molecule has 1 aliphatic rings. The number of carbonyl (C=O) groups excluding carboxylic acids is 2. The van der Waals surface area contributed by atoms with Gasteiger partial charge in [-0.2, -0.15) is 0 Å². The lowest BCUT2D eigenvalue weighted by Crippen LogP contribution is -2.56. The Morgan fingerprint density at radius 1 is 1.69 bits per heavy atom. The van der Waals surface area contributed by atoms with Crippen LogP contribution in [0.15, 0.2) is 0 Å². The largest absolute Gasteiger partial charge is 0.343 e. The van der Waals surface area contributed by atoms with Crippen molar-refractivity contribution in [3.05, 3.63) is 0 Å². The summed E-state index contributed by atoms with van der Waals surface area (Å²) in [5.74, 6) is 2.26. The molecule has 1 unspecified atom stereocenters. The van der Waals surface area contributed by atoms with Crippen LogP contribution in [0.2, 0.25) is 0 Å². The lowest BCUT2D eigenvalue weighted by molar-refractivity contribution is -0.143. The molecule has 1 atom stereocenters. The fourth-order valence-electron chi connectivity index (χ4n) is 1.26. The van der Waals surface area contributed by atoms with Gasteiger partial charge in [-0.3, -0.25) is 9.59 Å². The molecule has 0 spiro atoms. The first-order valence-corrected chi connectivity index (χ1v) is 4.16. The highest BCUT2D eigenvalue weighted by Gasteiger charge is 2.28. The van der Waals surface area contributed by atoms with Gasteiger partial charge in [-0.05, 0) is 6.92 Å². The van der Waals surface area contributed by atoms with Gasteiger partial charge in [0.15, 0.2) is 0 Å². The van der Waals surface area contributed by atoms with Crippen molar-refractivity contribution in [2.24, 2.45) is 0 Å². The molecule has 4 nitrogen and oxygen atoms in total. The lowest BCUT2D eigenvalue weighted by atomic mass is 10.2. The van der Waals surface area contributed by atoms with E-state index < -0.39 is 6.04 Å². The molecule has 4 heteroatoms. The van der Waals surface area contributed by atoms with E-state index in [0.29, 0.717) is 13.0 Å². The predicted octanol–water partition coefficient (Wildman–Crippen LogP) is -0.643. The smallest absolute Gasteiger partial charge is 0.245 e. The number of carbonyl (C=O) groups is 2. The maximum atomic E-state index is 11.4. The Labute approximate surface area is 77.3 Å². The molecular formula is C9H12N2O2. The first-order valence-electron chi connectivity index (χ1n) is 4.16. The van der Waals surface area contributed by atoms with Crippen molar-refractivity contribution in [1.82, 2.24) is 10.2 Å². The van der Waals surface area contributed by atoms with E-state index in [2.05, 4.69) is 11.2 Å². The number of nitrogens with zero attached hydrogens (tertiary/aromatic N) is 1. The molecule has 70 valence electrons. The van der Waals surface area contributed by atoms with Crippen LogP contribution in [-0.4, -0.2) is 35.8 Å². The molecule has 2 amide bonds. The van der Waals surface area contributed by atoms with Crippen LogP contribution in [0.3, 0.4) is 0 Å². The predicted molar refractivity (Wildman–Crippen MR) is 47.6 cm³/mol. The fourth-order valence-corrected chi connectivity index (χ4v) is 1.26. The number of piperazine rings is 1. The van der Waals surface area contributed by atoms with Crippen LogP contribution < -0.4 is 5.32 Å². The van der Waals surface area contributed by atoms with Crippen LogP contribution in [0.5, 0.6) is 0 Å². The van der Waals surface area contributed by atoms with Gasteiger partial charge in [-0.15, -0.1) is 12.3 Å². The summed E-state index contributed by atoms with van der Waals surface area (Å²) in [6, 6.07) is -0.418. The molecule has 1 heterocycles. The zero-order chi connectivity index (χ0) is 9.84. The first-order chi connectivity index (χ1) is 6.15. The molecule has 1 fully saturated rings. The molecule has 1 saturated heterocycles.